The van der Waals surface area contributed by atoms with Crippen molar-refractivity contribution in [1.82, 2.24) is 10.2 Å². The zero-order chi connectivity index (χ0) is 27.2. The molecule has 0 heterocycles. The van der Waals surface area contributed by atoms with Gasteiger partial charge >= 0.3 is 0 Å². The van der Waals surface area contributed by atoms with E-state index in [1.165, 1.54) is 23.1 Å². The van der Waals surface area contributed by atoms with Crippen LogP contribution in [0.4, 0.5) is 5.69 Å². The molecule has 37 heavy (non-hydrogen) atoms. The summed E-state index contributed by atoms with van der Waals surface area (Å²) in [6, 6.07) is 20.0. The maximum Gasteiger partial charge on any atom is 0.264 e. The zero-order valence-corrected chi connectivity index (χ0v) is 23.1. The van der Waals surface area contributed by atoms with Crippen LogP contribution in [0, 0.1) is 0 Å². The minimum Gasteiger partial charge on any atom is -0.352 e. The van der Waals surface area contributed by atoms with Gasteiger partial charge in [-0.15, -0.1) is 0 Å². The van der Waals surface area contributed by atoms with E-state index in [1.54, 1.807) is 67.6 Å². The van der Waals surface area contributed by atoms with E-state index >= 15 is 0 Å². The molecule has 2 amide bonds. The Balaban J connectivity index is 2.01. The van der Waals surface area contributed by atoms with Crippen molar-refractivity contribution in [3.63, 3.8) is 0 Å². The maximum absolute atomic E-state index is 13.8. The van der Waals surface area contributed by atoms with E-state index in [4.69, 9.17) is 23.2 Å². The molecular formula is C27H29Cl2N3O4S. The number of sulfonamides is 1. The Hall–Kier alpha value is -3.07. The summed E-state index contributed by atoms with van der Waals surface area (Å²) >= 11 is 12.2. The Bertz CT molecular complexity index is 1330. The molecule has 0 saturated carbocycles. The molecule has 0 radical (unpaired) electrons. The first-order valence-corrected chi connectivity index (χ1v) is 13.9. The van der Waals surface area contributed by atoms with Crippen LogP contribution in [0.25, 0.3) is 0 Å². The molecule has 10 heteroatoms. The summed E-state index contributed by atoms with van der Waals surface area (Å²) in [5.74, 6) is -0.904. The Morgan fingerprint density at radius 3 is 2.11 bits per heavy atom. The van der Waals surface area contributed by atoms with Crippen LogP contribution >= 0.6 is 23.2 Å². The largest absolute Gasteiger partial charge is 0.352 e. The summed E-state index contributed by atoms with van der Waals surface area (Å²) < 4.78 is 28.3. The third kappa shape index (κ3) is 7.47. The molecular weight excluding hydrogens is 533 g/mol. The van der Waals surface area contributed by atoms with Crippen molar-refractivity contribution in [3.05, 3.63) is 94.5 Å². The molecule has 3 aromatic rings. The maximum atomic E-state index is 13.8. The van der Waals surface area contributed by atoms with Gasteiger partial charge in [0, 0.05) is 22.6 Å². The highest BCUT2D eigenvalue weighted by molar-refractivity contribution is 7.92. The highest BCUT2D eigenvalue weighted by Gasteiger charge is 2.32. The smallest absolute Gasteiger partial charge is 0.264 e. The number of hydrogen-bond donors (Lipinski definition) is 1. The number of anilines is 1. The van der Waals surface area contributed by atoms with Gasteiger partial charge in [0.05, 0.1) is 10.6 Å². The number of carbonyl (C=O) groups is 2. The second-order valence-electron chi connectivity index (χ2n) is 8.79. The summed E-state index contributed by atoms with van der Waals surface area (Å²) in [7, 11) is -4.13. The normalized spacial score (nSPS) is 12.2. The van der Waals surface area contributed by atoms with Crippen LogP contribution < -0.4 is 9.62 Å². The third-order valence-corrected chi connectivity index (χ3v) is 7.85. The van der Waals surface area contributed by atoms with E-state index in [0.717, 1.165) is 9.87 Å². The number of amides is 2. The summed E-state index contributed by atoms with van der Waals surface area (Å²) in [5, 5.41) is 3.67. The van der Waals surface area contributed by atoms with Crippen LogP contribution in [0.5, 0.6) is 0 Å². The number of carbonyl (C=O) groups excluding carboxylic acids is 2. The molecule has 0 spiro atoms. The van der Waals surface area contributed by atoms with Gasteiger partial charge in [-0.3, -0.25) is 13.9 Å². The molecule has 3 aromatic carbocycles. The van der Waals surface area contributed by atoms with E-state index in [1.807, 2.05) is 13.8 Å². The lowest BCUT2D eigenvalue weighted by Gasteiger charge is -2.32. The topological polar surface area (TPSA) is 86.8 Å². The first kappa shape index (κ1) is 28.5. The van der Waals surface area contributed by atoms with Crippen LogP contribution in [0.3, 0.4) is 0 Å². The van der Waals surface area contributed by atoms with Crippen molar-refractivity contribution in [2.24, 2.45) is 0 Å². The second kappa shape index (κ2) is 12.4. The molecule has 0 bridgehead atoms. The quantitative estimate of drug-likeness (QED) is 0.371. The van der Waals surface area contributed by atoms with Gasteiger partial charge < -0.3 is 10.2 Å². The molecule has 0 aromatic heterocycles. The van der Waals surface area contributed by atoms with Crippen LogP contribution in [-0.2, 0) is 26.2 Å². The number of nitrogens with one attached hydrogen (secondary N) is 1. The van der Waals surface area contributed by atoms with E-state index in [9.17, 15) is 18.0 Å². The molecule has 1 unspecified atom stereocenters. The van der Waals surface area contributed by atoms with E-state index in [0.29, 0.717) is 10.0 Å². The molecule has 1 N–H and O–H groups in total. The fourth-order valence-corrected chi connectivity index (χ4v) is 5.39. The summed E-state index contributed by atoms with van der Waals surface area (Å²) in [4.78, 5) is 28.0. The Kier molecular flexibility index (Phi) is 9.59. The molecule has 1 atom stereocenters. The van der Waals surface area contributed by atoms with Crippen molar-refractivity contribution >= 4 is 50.7 Å². The predicted octanol–water partition coefficient (Wildman–Crippen LogP) is 5.13. The summed E-state index contributed by atoms with van der Waals surface area (Å²) in [6.45, 7) is 4.80. The van der Waals surface area contributed by atoms with Gasteiger partial charge in [0.15, 0.2) is 0 Å². The van der Waals surface area contributed by atoms with Crippen molar-refractivity contribution in [1.29, 1.82) is 0 Å². The van der Waals surface area contributed by atoms with Crippen molar-refractivity contribution in [2.45, 2.75) is 44.3 Å². The van der Waals surface area contributed by atoms with Crippen molar-refractivity contribution < 1.29 is 18.0 Å². The van der Waals surface area contributed by atoms with Crippen molar-refractivity contribution in [3.8, 4) is 0 Å². The highest BCUT2D eigenvalue weighted by Crippen LogP contribution is 2.27. The Labute approximate surface area is 228 Å². The van der Waals surface area contributed by atoms with Crippen LogP contribution in [0.15, 0.2) is 83.8 Å². The third-order valence-electron chi connectivity index (χ3n) is 5.57. The molecule has 7 nitrogen and oxygen atoms in total. The SMILES string of the molecule is CC(C)NC(=O)C(C)N(Cc1ccc(Cl)cc1)C(=O)CN(c1cccc(Cl)c1)S(=O)(=O)c1ccccc1. The molecule has 0 aliphatic carbocycles. The van der Waals surface area contributed by atoms with Gasteiger partial charge in [-0.2, -0.15) is 0 Å². The van der Waals surface area contributed by atoms with Crippen LogP contribution in [0.2, 0.25) is 10.0 Å². The fraction of sp³-hybridized carbons (Fsp3) is 0.259. The highest BCUT2D eigenvalue weighted by atomic mass is 35.5. The first-order chi connectivity index (χ1) is 17.5. The lowest BCUT2D eigenvalue weighted by atomic mass is 10.1. The second-order valence-corrected chi connectivity index (χ2v) is 11.5. The van der Waals surface area contributed by atoms with E-state index < -0.39 is 28.5 Å². The number of hydrogen-bond acceptors (Lipinski definition) is 4. The van der Waals surface area contributed by atoms with Gasteiger partial charge in [0.1, 0.15) is 12.6 Å². The molecule has 196 valence electrons. The lowest BCUT2D eigenvalue weighted by molar-refractivity contribution is -0.139. The number of rotatable bonds is 10. The van der Waals surface area contributed by atoms with Crippen LogP contribution in [-0.4, -0.2) is 43.8 Å². The number of halogens is 2. The summed E-state index contributed by atoms with van der Waals surface area (Å²) in [6.07, 6.45) is 0. The average Bonchev–Trinajstić information content (AvgIpc) is 2.86. The number of nitrogens with zero attached hydrogens (tertiary/aromatic N) is 2. The zero-order valence-electron chi connectivity index (χ0n) is 20.8. The fourth-order valence-electron chi connectivity index (χ4n) is 3.65. The van der Waals surface area contributed by atoms with Crippen LogP contribution in [0.1, 0.15) is 26.3 Å². The van der Waals surface area contributed by atoms with Gasteiger partial charge in [0.25, 0.3) is 10.0 Å². The van der Waals surface area contributed by atoms with Gasteiger partial charge in [0.2, 0.25) is 11.8 Å². The van der Waals surface area contributed by atoms with E-state index in [-0.39, 0.29) is 29.1 Å². The molecule has 0 aliphatic heterocycles. The predicted molar refractivity (Wildman–Crippen MR) is 147 cm³/mol. The average molecular weight is 563 g/mol. The monoisotopic (exact) mass is 561 g/mol. The summed E-state index contributed by atoms with van der Waals surface area (Å²) in [5.41, 5.74) is 0.970. The molecule has 0 aliphatic rings. The number of benzene rings is 3. The van der Waals surface area contributed by atoms with Gasteiger partial charge in [-0.05, 0) is 68.8 Å². The molecule has 0 saturated heterocycles. The molecule has 0 fully saturated rings. The first-order valence-electron chi connectivity index (χ1n) is 11.7. The van der Waals surface area contributed by atoms with Crippen molar-refractivity contribution in [2.75, 3.05) is 10.8 Å². The minimum absolute atomic E-state index is 0.0256. The standard InChI is InChI=1S/C27H29Cl2N3O4S/c1-19(2)30-27(34)20(3)31(17-21-12-14-22(28)15-13-21)26(33)18-32(24-9-7-8-23(29)16-24)37(35,36)25-10-5-4-6-11-25/h4-16,19-20H,17-18H2,1-3H3,(H,30,34). The van der Waals surface area contributed by atoms with Gasteiger partial charge in [-0.25, -0.2) is 8.42 Å². The van der Waals surface area contributed by atoms with Gasteiger partial charge in [-0.1, -0.05) is 59.6 Å². The molecule has 3 rings (SSSR count). The van der Waals surface area contributed by atoms with E-state index in [2.05, 4.69) is 5.32 Å². The Morgan fingerprint density at radius 1 is 0.865 bits per heavy atom. The minimum atomic E-state index is -4.13. The Morgan fingerprint density at radius 2 is 1.51 bits per heavy atom. The lowest BCUT2D eigenvalue weighted by Crippen LogP contribution is -2.52.